The van der Waals surface area contributed by atoms with E-state index in [4.69, 9.17) is 4.74 Å². The summed E-state index contributed by atoms with van der Waals surface area (Å²) >= 11 is 0. The molecule has 0 saturated carbocycles. The zero-order valence-corrected chi connectivity index (χ0v) is 8.92. The highest BCUT2D eigenvalue weighted by atomic mass is 16.5. The molecule has 0 fully saturated rings. The second kappa shape index (κ2) is 4.83. The number of hydrogen-bond donors (Lipinski definition) is 1. The molecule has 0 aliphatic heterocycles. The van der Waals surface area contributed by atoms with Crippen LogP contribution in [0.15, 0.2) is 0 Å². The molecule has 0 amide bonds. The van der Waals surface area contributed by atoms with E-state index < -0.39 is 5.60 Å². The van der Waals surface area contributed by atoms with Gasteiger partial charge in [-0.1, -0.05) is 27.7 Å². The predicted molar refractivity (Wildman–Crippen MR) is 51.2 cm³/mol. The van der Waals surface area contributed by atoms with Gasteiger partial charge in [-0.25, -0.2) is 0 Å². The van der Waals surface area contributed by atoms with E-state index in [0.717, 1.165) is 12.8 Å². The van der Waals surface area contributed by atoms with Crippen molar-refractivity contribution in [1.82, 2.24) is 0 Å². The first-order valence-corrected chi connectivity index (χ1v) is 4.77. The third kappa shape index (κ3) is 2.46. The van der Waals surface area contributed by atoms with Crippen LogP contribution in [0, 0.1) is 5.92 Å². The lowest BCUT2D eigenvalue weighted by Gasteiger charge is -2.36. The SMILES string of the molecule is CCC(O)(CC)[C@H](OC)C(C)C. The molecule has 0 unspecified atom stereocenters. The molecular weight excluding hydrogens is 152 g/mol. The maximum absolute atomic E-state index is 10.1. The van der Waals surface area contributed by atoms with E-state index in [1.807, 2.05) is 13.8 Å². The minimum absolute atomic E-state index is 0.0486. The van der Waals surface area contributed by atoms with Crippen molar-refractivity contribution in [3.63, 3.8) is 0 Å². The van der Waals surface area contributed by atoms with Gasteiger partial charge in [0, 0.05) is 7.11 Å². The lowest BCUT2D eigenvalue weighted by Crippen LogP contribution is -2.45. The molecule has 74 valence electrons. The van der Waals surface area contributed by atoms with Gasteiger partial charge in [-0.3, -0.25) is 0 Å². The van der Waals surface area contributed by atoms with Crippen molar-refractivity contribution in [3.8, 4) is 0 Å². The summed E-state index contributed by atoms with van der Waals surface area (Å²) in [5.41, 5.74) is -0.650. The van der Waals surface area contributed by atoms with Gasteiger partial charge in [-0.05, 0) is 18.8 Å². The van der Waals surface area contributed by atoms with Crippen molar-refractivity contribution < 1.29 is 9.84 Å². The molecule has 0 heterocycles. The standard InChI is InChI=1S/C10H22O2/c1-6-10(11,7-2)9(12-5)8(3)4/h8-9,11H,6-7H2,1-5H3/t9-/m1/s1. The molecule has 0 radical (unpaired) electrons. The van der Waals surface area contributed by atoms with E-state index in [1.54, 1.807) is 7.11 Å². The topological polar surface area (TPSA) is 29.5 Å². The van der Waals surface area contributed by atoms with Crippen LogP contribution in [0.4, 0.5) is 0 Å². The van der Waals surface area contributed by atoms with Crippen LogP contribution in [0.1, 0.15) is 40.5 Å². The maximum atomic E-state index is 10.1. The number of methoxy groups -OCH3 is 1. The first-order valence-electron chi connectivity index (χ1n) is 4.77. The fraction of sp³-hybridized carbons (Fsp3) is 1.00. The molecule has 2 heteroatoms. The molecule has 0 bridgehead atoms. The van der Waals surface area contributed by atoms with Gasteiger partial charge in [0.2, 0.25) is 0 Å². The molecule has 1 atom stereocenters. The van der Waals surface area contributed by atoms with Gasteiger partial charge < -0.3 is 9.84 Å². The fourth-order valence-electron chi connectivity index (χ4n) is 1.76. The van der Waals surface area contributed by atoms with Crippen molar-refractivity contribution in [3.05, 3.63) is 0 Å². The summed E-state index contributed by atoms with van der Waals surface area (Å²) in [6, 6.07) is 0. The molecule has 0 aromatic carbocycles. The third-order valence-electron chi connectivity index (χ3n) is 2.61. The van der Waals surface area contributed by atoms with Gasteiger partial charge in [0.1, 0.15) is 0 Å². The summed E-state index contributed by atoms with van der Waals surface area (Å²) in [7, 11) is 1.67. The summed E-state index contributed by atoms with van der Waals surface area (Å²) in [6.07, 6.45) is 1.45. The quantitative estimate of drug-likeness (QED) is 0.692. The molecule has 0 spiro atoms. The largest absolute Gasteiger partial charge is 0.387 e. The highest BCUT2D eigenvalue weighted by molar-refractivity contribution is 4.86. The lowest BCUT2D eigenvalue weighted by molar-refractivity contribution is -0.117. The van der Waals surface area contributed by atoms with Gasteiger partial charge in [-0.2, -0.15) is 0 Å². The summed E-state index contributed by atoms with van der Waals surface area (Å²) in [5.74, 6) is 0.361. The third-order valence-corrected chi connectivity index (χ3v) is 2.61. The van der Waals surface area contributed by atoms with Gasteiger partial charge >= 0.3 is 0 Å². The van der Waals surface area contributed by atoms with Crippen LogP contribution >= 0.6 is 0 Å². The smallest absolute Gasteiger partial charge is 0.0905 e. The Labute approximate surface area is 75.9 Å². The van der Waals surface area contributed by atoms with Crippen LogP contribution in [-0.2, 0) is 4.74 Å². The monoisotopic (exact) mass is 174 g/mol. The van der Waals surface area contributed by atoms with Gasteiger partial charge in [-0.15, -0.1) is 0 Å². The highest BCUT2D eigenvalue weighted by Gasteiger charge is 2.35. The molecule has 2 nitrogen and oxygen atoms in total. The molecule has 0 saturated heterocycles. The van der Waals surface area contributed by atoms with Crippen molar-refractivity contribution in [2.45, 2.75) is 52.2 Å². The van der Waals surface area contributed by atoms with Gasteiger partial charge in [0.25, 0.3) is 0 Å². The van der Waals surface area contributed by atoms with E-state index in [9.17, 15) is 5.11 Å². The van der Waals surface area contributed by atoms with Crippen molar-refractivity contribution >= 4 is 0 Å². The van der Waals surface area contributed by atoms with E-state index in [0.29, 0.717) is 5.92 Å². The van der Waals surface area contributed by atoms with Crippen LogP contribution in [0.3, 0.4) is 0 Å². The summed E-state index contributed by atoms with van der Waals surface area (Å²) in [4.78, 5) is 0. The maximum Gasteiger partial charge on any atom is 0.0905 e. The van der Waals surface area contributed by atoms with Crippen LogP contribution in [0.5, 0.6) is 0 Å². The molecule has 0 aromatic heterocycles. The van der Waals surface area contributed by atoms with Crippen molar-refractivity contribution in [2.24, 2.45) is 5.92 Å². The predicted octanol–water partition coefficient (Wildman–Crippen LogP) is 2.21. The minimum atomic E-state index is -0.650. The van der Waals surface area contributed by atoms with Crippen LogP contribution < -0.4 is 0 Å². The Morgan fingerprint density at radius 1 is 1.25 bits per heavy atom. The Hall–Kier alpha value is -0.0800. The van der Waals surface area contributed by atoms with Gasteiger partial charge in [0.15, 0.2) is 0 Å². The van der Waals surface area contributed by atoms with E-state index in [1.165, 1.54) is 0 Å². The summed E-state index contributed by atoms with van der Waals surface area (Å²) in [5, 5.41) is 10.1. The van der Waals surface area contributed by atoms with E-state index in [2.05, 4.69) is 13.8 Å². The first kappa shape index (κ1) is 11.9. The molecule has 0 aromatic rings. The number of aliphatic hydroxyl groups is 1. The van der Waals surface area contributed by atoms with Crippen LogP contribution in [0.2, 0.25) is 0 Å². The van der Waals surface area contributed by atoms with E-state index >= 15 is 0 Å². The van der Waals surface area contributed by atoms with Crippen molar-refractivity contribution in [1.29, 1.82) is 0 Å². The van der Waals surface area contributed by atoms with Crippen molar-refractivity contribution in [2.75, 3.05) is 7.11 Å². The average Bonchev–Trinajstić information content (AvgIpc) is 2.04. The first-order chi connectivity index (χ1) is 5.51. The molecule has 0 rings (SSSR count). The van der Waals surface area contributed by atoms with Crippen LogP contribution in [0.25, 0.3) is 0 Å². The molecular formula is C10H22O2. The normalized spacial score (nSPS) is 15.2. The lowest BCUT2D eigenvalue weighted by atomic mass is 9.84. The Bertz CT molecular complexity index is 117. The number of rotatable bonds is 5. The number of hydrogen-bond acceptors (Lipinski definition) is 2. The summed E-state index contributed by atoms with van der Waals surface area (Å²) < 4.78 is 5.31. The Balaban J connectivity index is 4.43. The average molecular weight is 174 g/mol. The van der Waals surface area contributed by atoms with Gasteiger partial charge in [0.05, 0.1) is 11.7 Å². The van der Waals surface area contributed by atoms with E-state index in [-0.39, 0.29) is 6.10 Å². The number of ether oxygens (including phenoxy) is 1. The molecule has 0 aliphatic carbocycles. The minimum Gasteiger partial charge on any atom is -0.387 e. The Kier molecular flexibility index (Phi) is 4.80. The fourth-order valence-corrected chi connectivity index (χ4v) is 1.76. The Morgan fingerprint density at radius 3 is 1.75 bits per heavy atom. The highest BCUT2D eigenvalue weighted by Crippen LogP contribution is 2.26. The summed E-state index contributed by atoms with van der Waals surface area (Å²) in [6.45, 7) is 8.14. The zero-order valence-electron chi connectivity index (χ0n) is 8.92. The molecule has 1 N–H and O–H groups in total. The zero-order chi connectivity index (χ0) is 9.78. The second-order valence-electron chi connectivity index (χ2n) is 3.71. The van der Waals surface area contributed by atoms with Crippen LogP contribution in [-0.4, -0.2) is 23.9 Å². The molecule has 0 aliphatic rings. The molecule has 12 heavy (non-hydrogen) atoms. The Morgan fingerprint density at radius 2 is 1.67 bits per heavy atom. The second-order valence-corrected chi connectivity index (χ2v) is 3.71.